The molecule has 20 heavy (non-hydrogen) atoms. The van der Waals surface area contributed by atoms with Crippen LogP contribution >= 0.6 is 0 Å². The van der Waals surface area contributed by atoms with Crippen molar-refractivity contribution < 1.29 is 8.78 Å². The lowest BCUT2D eigenvalue weighted by Crippen LogP contribution is -2.19. The summed E-state index contributed by atoms with van der Waals surface area (Å²) in [6, 6.07) is 12.0. The molecule has 0 fully saturated rings. The van der Waals surface area contributed by atoms with Crippen molar-refractivity contribution in [3.05, 3.63) is 65.2 Å². The molecule has 1 aliphatic carbocycles. The summed E-state index contributed by atoms with van der Waals surface area (Å²) in [5, 5.41) is 3.21. The summed E-state index contributed by atoms with van der Waals surface area (Å²) < 4.78 is 26.7. The molecule has 0 bridgehead atoms. The van der Waals surface area contributed by atoms with E-state index < -0.39 is 11.6 Å². The van der Waals surface area contributed by atoms with Gasteiger partial charge in [0.15, 0.2) is 0 Å². The van der Waals surface area contributed by atoms with Gasteiger partial charge in [-0.15, -0.1) is 0 Å². The first-order chi connectivity index (χ1) is 9.65. The Bertz CT molecular complexity index is 624. The lowest BCUT2D eigenvalue weighted by atomic mass is 9.81. The maximum Gasteiger partial charge on any atom is 0.149 e. The monoisotopic (exact) mass is 273 g/mol. The van der Waals surface area contributed by atoms with E-state index in [1.165, 1.54) is 23.3 Å². The predicted octanol–water partition coefficient (Wildman–Crippen LogP) is 5.02. The number of nitrogens with one attached hydrogen (secondary N) is 1. The molecule has 2 aromatic rings. The van der Waals surface area contributed by atoms with E-state index in [1.54, 1.807) is 0 Å². The SMILES string of the molecule is CC1CCC(Nc2ccc(F)cc2F)c2ccccc21. The van der Waals surface area contributed by atoms with Crippen molar-refractivity contribution in [1.82, 2.24) is 0 Å². The van der Waals surface area contributed by atoms with Gasteiger partial charge in [-0.25, -0.2) is 8.78 Å². The van der Waals surface area contributed by atoms with Crippen LogP contribution in [0.15, 0.2) is 42.5 Å². The fraction of sp³-hybridized carbons (Fsp3) is 0.294. The molecule has 0 aliphatic heterocycles. The number of hydrogen-bond donors (Lipinski definition) is 1. The standard InChI is InChI=1S/C17H17F2N/c1-11-6-8-16(14-5-3-2-4-13(11)14)20-17-9-7-12(18)10-15(17)19/h2-5,7,9-11,16,20H,6,8H2,1H3. The highest BCUT2D eigenvalue weighted by Gasteiger charge is 2.24. The lowest BCUT2D eigenvalue weighted by Gasteiger charge is -2.31. The van der Waals surface area contributed by atoms with Gasteiger partial charge in [0.25, 0.3) is 0 Å². The average molecular weight is 273 g/mol. The van der Waals surface area contributed by atoms with E-state index in [-0.39, 0.29) is 6.04 Å². The summed E-state index contributed by atoms with van der Waals surface area (Å²) >= 11 is 0. The average Bonchev–Trinajstić information content (AvgIpc) is 2.45. The first kappa shape index (κ1) is 13.1. The van der Waals surface area contributed by atoms with Gasteiger partial charge in [-0.2, -0.15) is 0 Å². The molecule has 1 aliphatic rings. The van der Waals surface area contributed by atoms with Crippen LogP contribution in [0.4, 0.5) is 14.5 Å². The number of anilines is 1. The highest BCUT2D eigenvalue weighted by Crippen LogP contribution is 2.39. The topological polar surface area (TPSA) is 12.0 Å². The first-order valence-corrected chi connectivity index (χ1v) is 6.95. The molecule has 2 atom stereocenters. The highest BCUT2D eigenvalue weighted by molar-refractivity contribution is 5.49. The van der Waals surface area contributed by atoms with Crippen LogP contribution in [-0.2, 0) is 0 Å². The molecule has 104 valence electrons. The van der Waals surface area contributed by atoms with Crippen molar-refractivity contribution >= 4 is 5.69 Å². The summed E-state index contributed by atoms with van der Waals surface area (Å²) in [5.41, 5.74) is 2.90. The van der Waals surface area contributed by atoms with Crippen LogP contribution in [0.2, 0.25) is 0 Å². The minimum atomic E-state index is -0.550. The molecule has 0 radical (unpaired) electrons. The summed E-state index contributed by atoms with van der Waals surface area (Å²) in [6.45, 7) is 2.22. The van der Waals surface area contributed by atoms with Gasteiger partial charge in [-0.05, 0) is 42.0 Å². The van der Waals surface area contributed by atoms with E-state index in [1.807, 2.05) is 12.1 Å². The van der Waals surface area contributed by atoms with Gasteiger partial charge in [-0.1, -0.05) is 31.2 Å². The van der Waals surface area contributed by atoms with Crippen LogP contribution < -0.4 is 5.32 Å². The Balaban J connectivity index is 1.90. The quantitative estimate of drug-likeness (QED) is 0.810. The van der Waals surface area contributed by atoms with E-state index in [4.69, 9.17) is 0 Å². The molecule has 1 nitrogen and oxygen atoms in total. The Morgan fingerprint density at radius 2 is 1.75 bits per heavy atom. The van der Waals surface area contributed by atoms with Gasteiger partial charge in [-0.3, -0.25) is 0 Å². The summed E-state index contributed by atoms with van der Waals surface area (Å²) in [7, 11) is 0. The Hall–Kier alpha value is -1.90. The highest BCUT2D eigenvalue weighted by atomic mass is 19.1. The first-order valence-electron chi connectivity index (χ1n) is 6.95. The molecule has 1 N–H and O–H groups in total. The van der Waals surface area contributed by atoms with Gasteiger partial charge in [0.05, 0.1) is 11.7 Å². The fourth-order valence-electron chi connectivity index (χ4n) is 2.95. The molecule has 3 heteroatoms. The molecule has 2 aromatic carbocycles. The second-order valence-corrected chi connectivity index (χ2v) is 5.43. The number of hydrogen-bond acceptors (Lipinski definition) is 1. The van der Waals surface area contributed by atoms with Crippen LogP contribution in [-0.4, -0.2) is 0 Å². The van der Waals surface area contributed by atoms with Crippen LogP contribution in [0.5, 0.6) is 0 Å². The zero-order valence-electron chi connectivity index (χ0n) is 11.4. The minimum absolute atomic E-state index is 0.0855. The van der Waals surface area contributed by atoms with Gasteiger partial charge < -0.3 is 5.32 Å². The summed E-state index contributed by atoms with van der Waals surface area (Å²) in [6.07, 6.45) is 2.02. The third kappa shape index (κ3) is 2.40. The third-order valence-corrected chi connectivity index (χ3v) is 4.05. The van der Waals surface area contributed by atoms with Gasteiger partial charge in [0.1, 0.15) is 11.6 Å². The zero-order valence-corrected chi connectivity index (χ0v) is 11.4. The van der Waals surface area contributed by atoms with Crippen LogP contribution in [0.3, 0.4) is 0 Å². The number of halogens is 2. The Morgan fingerprint density at radius 3 is 2.50 bits per heavy atom. The van der Waals surface area contributed by atoms with E-state index in [2.05, 4.69) is 24.4 Å². The summed E-state index contributed by atoms with van der Waals surface area (Å²) in [4.78, 5) is 0. The maximum atomic E-state index is 13.8. The second kappa shape index (κ2) is 5.23. The Labute approximate surface area is 117 Å². The molecule has 0 heterocycles. The molecule has 3 rings (SSSR count). The van der Waals surface area contributed by atoms with E-state index in [9.17, 15) is 8.78 Å². The van der Waals surface area contributed by atoms with Crippen molar-refractivity contribution in [3.63, 3.8) is 0 Å². The molecule has 2 unspecified atom stereocenters. The van der Waals surface area contributed by atoms with E-state index >= 15 is 0 Å². The molecular weight excluding hydrogens is 256 g/mol. The molecular formula is C17H17F2N. The number of rotatable bonds is 2. The van der Waals surface area contributed by atoms with Crippen LogP contribution in [0, 0.1) is 11.6 Å². The third-order valence-electron chi connectivity index (χ3n) is 4.05. The summed E-state index contributed by atoms with van der Waals surface area (Å²) in [5.74, 6) is -0.561. The lowest BCUT2D eigenvalue weighted by molar-refractivity contribution is 0.529. The van der Waals surface area contributed by atoms with Crippen molar-refractivity contribution in [2.45, 2.75) is 31.7 Å². The van der Waals surface area contributed by atoms with Crippen molar-refractivity contribution in [1.29, 1.82) is 0 Å². The molecule has 0 spiro atoms. The predicted molar refractivity (Wildman–Crippen MR) is 76.8 cm³/mol. The van der Waals surface area contributed by atoms with E-state index in [0.717, 1.165) is 18.9 Å². The molecule has 0 amide bonds. The van der Waals surface area contributed by atoms with Gasteiger partial charge >= 0.3 is 0 Å². The van der Waals surface area contributed by atoms with Crippen LogP contribution in [0.25, 0.3) is 0 Å². The molecule has 0 aromatic heterocycles. The second-order valence-electron chi connectivity index (χ2n) is 5.43. The normalized spacial score (nSPS) is 21.4. The smallest absolute Gasteiger partial charge is 0.149 e. The largest absolute Gasteiger partial charge is 0.376 e. The van der Waals surface area contributed by atoms with Gasteiger partial charge in [0, 0.05) is 6.07 Å². The Kier molecular flexibility index (Phi) is 3.43. The van der Waals surface area contributed by atoms with E-state index in [0.29, 0.717) is 11.6 Å². The Morgan fingerprint density at radius 1 is 1.00 bits per heavy atom. The number of benzene rings is 2. The fourth-order valence-corrected chi connectivity index (χ4v) is 2.95. The molecule has 0 saturated heterocycles. The van der Waals surface area contributed by atoms with Crippen LogP contribution in [0.1, 0.15) is 42.9 Å². The van der Waals surface area contributed by atoms with Gasteiger partial charge in [0.2, 0.25) is 0 Å². The minimum Gasteiger partial charge on any atom is -0.376 e. The number of fused-ring (bicyclic) bond motifs is 1. The zero-order chi connectivity index (χ0) is 14.1. The maximum absolute atomic E-state index is 13.8. The van der Waals surface area contributed by atoms with Crippen molar-refractivity contribution in [3.8, 4) is 0 Å². The molecule has 0 saturated carbocycles. The van der Waals surface area contributed by atoms with Crippen molar-refractivity contribution in [2.75, 3.05) is 5.32 Å². The van der Waals surface area contributed by atoms with Crippen molar-refractivity contribution in [2.24, 2.45) is 0 Å².